The number of halogens is 1. The Morgan fingerprint density at radius 1 is 1.07 bits per heavy atom. The zero-order valence-electron chi connectivity index (χ0n) is 14.2. The molecule has 0 unspecified atom stereocenters. The molecule has 0 aliphatic heterocycles. The van der Waals surface area contributed by atoms with Crippen molar-refractivity contribution in [2.75, 3.05) is 0 Å². The second-order valence-electron chi connectivity index (χ2n) is 5.57. The van der Waals surface area contributed by atoms with Crippen LogP contribution in [0.25, 0.3) is 0 Å². The first-order valence-electron chi connectivity index (χ1n) is 7.92. The van der Waals surface area contributed by atoms with E-state index in [4.69, 9.17) is 4.42 Å². The molecule has 0 fully saturated rings. The maximum Gasteiger partial charge on any atom is 0.286 e. The van der Waals surface area contributed by atoms with Crippen molar-refractivity contribution in [3.05, 3.63) is 76.4 Å². The molecule has 0 saturated heterocycles. The molecule has 0 aliphatic rings. The van der Waals surface area contributed by atoms with Crippen LogP contribution >= 0.6 is 15.9 Å². The lowest BCUT2D eigenvalue weighted by Gasteiger charge is -2.08. The third-order valence-electron chi connectivity index (χ3n) is 3.63. The maximum absolute atomic E-state index is 12.3. The molecule has 0 aliphatic carbocycles. The molecule has 146 valence electrons. The molecule has 3 rings (SSSR count). The van der Waals surface area contributed by atoms with Crippen molar-refractivity contribution in [3.63, 3.8) is 0 Å². The first-order chi connectivity index (χ1) is 13.3. The van der Waals surface area contributed by atoms with Crippen LogP contribution in [0.3, 0.4) is 0 Å². The Morgan fingerprint density at radius 3 is 2.39 bits per heavy atom. The van der Waals surface area contributed by atoms with E-state index in [9.17, 15) is 18.0 Å². The number of rotatable bonds is 6. The van der Waals surface area contributed by atoms with Crippen molar-refractivity contribution in [3.8, 4) is 0 Å². The number of hydrazine groups is 1. The van der Waals surface area contributed by atoms with Gasteiger partial charge in [-0.05, 0) is 58.4 Å². The van der Waals surface area contributed by atoms with Crippen molar-refractivity contribution < 1.29 is 22.4 Å². The predicted octanol–water partition coefficient (Wildman–Crippen LogP) is 1.92. The van der Waals surface area contributed by atoms with Crippen LogP contribution < -0.4 is 15.6 Å². The predicted molar refractivity (Wildman–Crippen MR) is 103 cm³/mol. The summed E-state index contributed by atoms with van der Waals surface area (Å²) < 4.78 is 32.7. The van der Waals surface area contributed by atoms with Crippen LogP contribution in [-0.2, 0) is 16.6 Å². The van der Waals surface area contributed by atoms with E-state index >= 15 is 0 Å². The molecule has 0 spiro atoms. The molecule has 0 atom stereocenters. The lowest BCUT2D eigenvalue weighted by molar-refractivity contribution is 0.0844. The van der Waals surface area contributed by atoms with E-state index in [2.05, 4.69) is 36.5 Å². The lowest BCUT2D eigenvalue weighted by Crippen LogP contribution is -2.41. The summed E-state index contributed by atoms with van der Waals surface area (Å²) >= 11 is 3.20. The van der Waals surface area contributed by atoms with Crippen molar-refractivity contribution in [2.45, 2.75) is 11.4 Å². The van der Waals surface area contributed by atoms with Gasteiger partial charge in [0.2, 0.25) is 10.0 Å². The number of hydrogen-bond acceptors (Lipinski definition) is 5. The molecule has 2 heterocycles. The Balaban J connectivity index is 1.58. The molecule has 1 aromatic carbocycles. The molecule has 3 aromatic rings. The minimum absolute atomic E-state index is 0.00382. The summed E-state index contributed by atoms with van der Waals surface area (Å²) in [6.07, 6.45) is 3.03. The van der Waals surface area contributed by atoms with Crippen LogP contribution in [-0.4, -0.2) is 25.2 Å². The first-order valence-corrected chi connectivity index (χ1v) is 10.2. The summed E-state index contributed by atoms with van der Waals surface area (Å²) in [5, 5.41) is 0. The molecule has 28 heavy (non-hydrogen) atoms. The van der Waals surface area contributed by atoms with Gasteiger partial charge in [0.1, 0.15) is 11.5 Å². The van der Waals surface area contributed by atoms with Crippen LogP contribution in [0.1, 0.15) is 26.6 Å². The van der Waals surface area contributed by atoms with Crippen LogP contribution in [0.15, 0.2) is 68.7 Å². The normalized spacial score (nSPS) is 11.2. The third kappa shape index (κ3) is 4.88. The fourth-order valence-corrected chi connectivity index (χ4v) is 3.54. The average molecular weight is 467 g/mol. The van der Waals surface area contributed by atoms with E-state index in [1.54, 1.807) is 24.4 Å². The third-order valence-corrected chi connectivity index (χ3v) is 5.50. The molecular formula is C17H15BrN4O5S. The summed E-state index contributed by atoms with van der Waals surface area (Å²) in [5.41, 5.74) is 4.96. The number of amides is 2. The molecule has 0 saturated carbocycles. The number of furan rings is 1. The van der Waals surface area contributed by atoms with E-state index in [1.807, 2.05) is 0 Å². The van der Waals surface area contributed by atoms with Crippen molar-refractivity contribution >= 4 is 37.8 Å². The molecule has 0 radical (unpaired) electrons. The number of aromatic nitrogens is 1. The van der Waals surface area contributed by atoms with Gasteiger partial charge in [-0.25, -0.2) is 13.1 Å². The van der Waals surface area contributed by atoms with Gasteiger partial charge in [-0.2, -0.15) is 0 Å². The smallest absolute Gasteiger partial charge is 0.286 e. The maximum atomic E-state index is 12.3. The Hall–Kier alpha value is -2.89. The summed E-state index contributed by atoms with van der Waals surface area (Å²) in [4.78, 5) is 26.7. The monoisotopic (exact) mass is 466 g/mol. The number of hydrogen-bond donors (Lipinski definition) is 4. The second kappa shape index (κ2) is 8.42. The Morgan fingerprint density at radius 2 is 1.79 bits per heavy atom. The molecule has 4 N–H and O–H groups in total. The van der Waals surface area contributed by atoms with Crippen molar-refractivity contribution in [1.29, 1.82) is 0 Å². The van der Waals surface area contributed by atoms with Gasteiger partial charge in [0, 0.05) is 16.2 Å². The number of carbonyl (C=O) groups is 2. The van der Waals surface area contributed by atoms with Gasteiger partial charge >= 0.3 is 0 Å². The van der Waals surface area contributed by atoms with Gasteiger partial charge in [0.25, 0.3) is 11.8 Å². The number of carbonyl (C=O) groups excluding carboxylic acids is 2. The Bertz CT molecular complexity index is 1080. The van der Waals surface area contributed by atoms with E-state index in [0.717, 1.165) is 0 Å². The SMILES string of the molecule is O=C(NNC(=O)c1cc(Br)c[nH]1)c1ccc(S(=O)(=O)NCc2ccco2)cc1. The second-order valence-corrected chi connectivity index (χ2v) is 8.25. The zero-order valence-corrected chi connectivity index (χ0v) is 16.6. The average Bonchev–Trinajstić information content (AvgIpc) is 3.36. The number of sulfonamides is 1. The highest BCUT2D eigenvalue weighted by molar-refractivity contribution is 9.10. The minimum atomic E-state index is -3.76. The van der Waals surface area contributed by atoms with Crippen molar-refractivity contribution in [1.82, 2.24) is 20.6 Å². The van der Waals surface area contributed by atoms with E-state index < -0.39 is 21.8 Å². The highest BCUT2D eigenvalue weighted by atomic mass is 79.9. The summed E-state index contributed by atoms with van der Waals surface area (Å²) in [7, 11) is -3.76. The fourth-order valence-electron chi connectivity index (χ4n) is 2.20. The number of nitrogens with one attached hydrogen (secondary N) is 4. The van der Waals surface area contributed by atoms with Crippen molar-refractivity contribution in [2.24, 2.45) is 0 Å². The molecule has 2 aromatic heterocycles. The zero-order chi connectivity index (χ0) is 20.1. The number of aromatic amines is 1. The number of H-pyrrole nitrogens is 1. The topological polar surface area (TPSA) is 133 Å². The highest BCUT2D eigenvalue weighted by Gasteiger charge is 2.16. The Kier molecular flexibility index (Phi) is 5.97. The lowest BCUT2D eigenvalue weighted by atomic mass is 10.2. The van der Waals surface area contributed by atoms with Crippen LogP contribution in [0.2, 0.25) is 0 Å². The molecular weight excluding hydrogens is 452 g/mol. The minimum Gasteiger partial charge on any atom is -0.468 e. The van der Waals surface area contributed by atoms with E-state index in [0.29, 0.717) is 10.2 Å². The number of benzene rings is 1. The van der Waals surface area contributed by atoms with E-state index in [1.165, 1.54) is 30.5 Å². The molecule has 2 amide bonds. The van der Waals surface area contributed by atoms with Gasteiger partial charge in [0.05, 0.1) is 17.7 Å². The quantitative estimate of drug-likeness (QED) is 0.411. The first kappa shape index (κ1) is 19.9. The fraction of sp³-hybridized carbons (Fsp3) is 0.0588. The largest absolute Gasteiger partial charge is 0.468 e. The standard InChI is InChI=1S/C17H15BrN4O5S/c18-12-8-15(19-9-12)17(24)22-21-16(23)11-3-5-14(6-4-11)28(25,26)20-10-13-2-1-7-27-13/h1-9,19-20H,10H2,(H,21,23)(H,22,24). The van der Waals surface area contributed by atoms with E-state index in [-0.39, 0.29) is 22.7 Å². The van der Waals surface area contributed by atoms with Gasteiger partial charge in [0.15, 0.2) is 0 Å². The summed E-state index contributed by atoms with van der Waals surface area (Å²) in [6.45, 7) is 0.0124. The Labute approximate surface area is 168 Å². The van der Waals surface area contributed by atoms with Gasteiger partial charge in [-0.3, -0.25) is 20.4 Å². The molecule has 11 heteroatoms. The summed E-state index contributed by atoms with van der Waals surface area (Å²) in [6, 6.07) is 10.1. The van der Waals surface area contributed by atoms with Gasteiger partial charge in [-0.15, -0.1) is 0 Å². The van der Waals surface area contributed by atoms with Gasteiger partial charge in [-0.1, -0.05) is 0 Å². The highest BCUT2D eigenvalue weighted by Crippen LogP contribution is 2.12. The molecule has 0 bridgehead atoms. The van der Waals surface area contributed by atoms with Crippen LogP contribution in [0, 0.1) is 0 Å². The molecule has 9 nitrogen and oxygen atoms in total. The van der Waals surface area contributed by atoms with Crippen LogP contribution in [0.5, 0.6) is 0 Å². The summed E-state index contributed by atoms with van der Waals surface area (Å²) in [5.74, 6) is -0.642. The van der Waals surface area contributed by atoms with Crippen LogP contribution in [0.4, 0.5) is 0 Å². The van der Waals surface area contributed by atoms with Gasteiger partial charge < -0.3 is 9.40 Å².